The summed E-state index contributed by atoms with van der Waals surface area (Å²) in [7, 11) is 0. The van der Waals surface area contributed by atoms with E-state index >= 15 is 0 Å². The van der Waals surface area contributed by atoms with Gasteiger partial charge in [-0.05, 0) is 60.2 Å². The van der Waals surface area contributed by atoms with Crippen LogP contribution in [0.3, 0.4) is 0 Å². The van der Waals surface area contributed by atoms with E-state index < -0.39 is 0 Å². The predicted molar refractivity (Wildman–Crippen MR) is 104 cm³/mol. The van der Waals surface area contributed by atoms with Gasteiger partial charge in [-0.25, -0.2) is 4.39 Å². The molecule has 2 aromatic carbocycles. The second kappa shape index (κ2) is 8.35. The summed E-state index contributed by atoms with van der Waals surface area (Å²) >= 11 is 0. The molecule has 0 bridgehead atoms. The first-order valence-corrected chi connectivity index (χ1v) is 8.88. The monoisotopic (exact) mass is 357 g/mol. The summed E-state index contributed by atoms with van der Waals surface area (Å²) in [4.78, 5) is 12.1. The van der Waals surface area contributed by atoms with Gasteiger partial charge in [0.15, 0.2) is 5.78 Å². The van der Waals surface area contributed by atoms with Crippen LogP contribution in [0.5, 0.6) is 5.75 Å². The van der Waals surface area contributed by atoms with E-state index in [1.807, 2.05) is 32.0 Å². The minimum Gasteiger partial charge on any atom is -0.489 e. The van der Waals surface area contributed by atoms with Crippen LogP contribution in [0.25, 0.3) is 0 Å². The zero-order chi connectivity index (χ0) is 19.3. The molecule has 1 N–H and O–H groups in total. The Kier molecular flexibility index (Phi) is 6.41. The van der Waals surface area contributed by atoms with Gasteiger partial charge >= 0.3 is 0 Å². The molecule has 4 heteroatoms. The van der Waals surface area contributed by atoms with E-state index in [1.165, 1.54) is 12.1 Å². The van der Waals surface area contributed by atoms with Crippen LogP contribution in [0.2, 0.25) is 0 Å². The van der Waals surface area contributed by atoms with Crippen molar-refractivity contribution in [3.05, 3.63) is 58.9 Å². The zero-order valence-electron chi connectivity index (χ0n) is 16.3. The van der Waals surface area contributed by atoms with Gasteiger partial charge in [-0.15, -0.1) is 0 Å². The SMILES string of the molecule is Cc1cc(OCc2cccc(F)c2)cc(C)c1NCC(=O)CC(C)(C)C. The summed E-state index contributed by atoms with van der Waals surface area (Å²) < 4.78 is 19.0. The van der Waals surface area contributed by atoms with Gasteiger partial charge in [-0.2, -0.15) is 0 Å². The number of benzene rings is 2. The molecule has 0 saturated carbocycles. The molecular formula is C22H28FNO2. The average molecular weight is 357 g/mol. The van der Waals surface area contributed by atoms with E-state index in [2.05, 4.69) is 26.1 Å². The Morgan fingerprint density at radius 2 is 1.77 bits per heavy atom. The van der Waals surface area contributed by atoms with Crippen molar-refractivity contribution in [3.8, 4) is 5.75 Å². The van der Waals surface area contributed by atoms with Gasteiger partial charge < -0.3 is 10.1 Å². The molecule has 140 valence electrons. The summed E-state index contributed by atoms with van der Waals surface area (Å²) in [5, 5.41) is 3.26. The highest BCUT2D eigenvalue weighted by Crippen LogP contribution is 2.27. The van der Waals surface area contributed by atoms with Crippen LogP contribution < -0.4 is 10.1 Å². The molecule has 0 heterocycles. The Balaban J connectivity index is 2.00. The van der Waals surface area contributed by atoms with Crippen molar-refractivity contribution >= 4 is 11.5 Å². The van der Waals surface area contributed by atoms with E-state index in [0.717, 1.165) is 28.1 Å². The fraction of sp³-hybridized carbons (Fsp3) is 0.409. The number of carbonyl (C=O) groups excluding carboxylic acids is 1. The quantitative estimate of drug-likeness (QED) is 0.717. The summed E-state index contributed by atoms with van der Waals surface area (Å²) in [6, 6.07) is 10.3. The minimum absolute atomic E-state index is 0.00252. The Hall–Kier alpha value is -2.36. The van der Waals surface area contributed by atoms with E-state index in [0.29, 0.717) is 19.6 Å². The number of anilines is 1. The third-order valence-electron chi connectivity index (χ3n) is 3.99. The Morgan fingerprint density at radius 1 is 1.12 bits per heavy atom. The van der Waals surface area contributed by atoms with Crippen molar-refractivity contribution in [1.29, 1.82) is 0 Å². The smallest absolute Gasteiger partial charge is 0.152 e. The molecule has 0 aliphatic heterocycles. The third-order valence-corrected chi connectivity index (χ3v) is 3.99. The maximum absolute atomic E-state index is 13.2. The van der Waals surface area contributed by atoms with Gasteiger partial charge in [0.1, 0.15) is 18.2 Å². The highest BCUT2D eigenvalue weighted by molar-refractivity contribution is 5.84. The van der Waals surface area contributed by atoms with Crippen LogP contribution in [-0.2, 0) is 11.4 Å². The second-order valence-electron chi connectivity index (χ2n) is 7.98. The summed E-state index contributed by atoms with van der Waals surface area (Å²) in [5.74, 6) is 0.663. The number of nitrogens with one attached hydrogen (secondary N) is 1. The molecular weight excluding hydrogens is 329 g/mol. The maximum Gasteiger partial charge on any atom is 0.152 e. The molecule has 0 spiro atoms. The van der Waals surface area contributed by atoms with Gasteiger partial charge in [-0.3, -0.25) is 4.79 Å². The summed E-state index contributed by atoms with van der Waals surface area (Å²) in [5.41, 5.74) is 3.78. The lowest BCUT2D eigenvalue weighted by Gasteiger charge is -2.19. The minimum atomic E-state index is -0.266. The molecule has 26 heavy (non-hydrogen) atoms. The number of Topliss-reactive ketones (excluding diaryl/α,β-unsaturated/α-hetero) is 1. The molecule has 2 aromatic rings. The lowest BCUT2D eigenvalue weighted by Crippen LogP contribution is -2.20. The number of aryl methyl sites for hydroxylation is 2. The second-order valence-corrected chi connectivity index (χ2v) is 7.98. The number of ketones is 1. The van der Waals surface area contributed by atoms with Crippen molar-refractivity contribution in [2.24, 2.45) is 5.41 Å². The molecule has 2 rings (SSSR count). The first-order chi connectivity index (χ1) is 12.1. The van der Waals surface area contributed by atoms with Crippen LogP contribution in [0, 0.1) is 25.1 Å². The van der Waals surface area contributed by atoms with Gasteiger partial charge in [0.05, 0.1) is 6.54 Å². The van der Waals surface area contributed by atoms with Gasteiger partial charge in [0.25, 0.3) is 0 Å². The largest absolute Gasteiger partial charge is 0.489 e. The maximum atomic E-state index is 13.2. The number of hydrogen-bond donors (Lipinski definition) is 1. The molecule has 0 radical (unpaired) electrons. The van der Waals surface area contributed by atoms with Crippen molar-refractivity contribution in [1.82, 2.24) is 0 Å². The van der Waals surface area contributed by atoms with Gasteiger partial charge in [0.2, 0.25) is 0 Å². The predicted octanol–water partition coefficient (Wildman–Crippen LogP) is 5.44. The fourth-order valence-corrected chi connectivity index (χ4v) is 2.92. The Morgan fingerprint density at radius 3 is 2.35 bits per heavy atom. The third kappa shape index (κ3) is 6.17. The molecule has 0 fully saturated rings. The van der Waals surface area contributed by atoms with Crippen molar-refractivity contribution in [2.75, 3.05) is 11.9 Å². The molecule has 0 aliphatic carbocycles. The van der Waals surface area contributed by atoms with Crippen LogP contribution in [-0.4, -0.2) is 12.3 Å². The van der Waals surface area contributed by atoms with Crippen molar-refractivity contribution in [2.45, 2.75) is 47.6 Å². The highest BCUT2D eigenvalue weighted by Gasteiger charge is 2.16. The Labute approximate surface area is 155 Å². The first kappa shape index (κ1) is 20.0. The standard InChI is InChI=1S/C22H28FNO2/c1-15-9-20(26-14-17-7-6-8-18(23)11-17)10-16(2)21(15)24-13-19(25)12-22(3,4)5/h6-11,24H,12-14H2,1-5H3. The van der Waals surface area contributed by atoms with E-state index in [9.17, 15) is 9.18 Å². The normalized spacial score (nSPS) is 11.3. The molecule has 0 saturated heterocycles. The summed E-state index contributed by atoms with van der Waals surface area (Å²) in [6.45, 7) is 10.8. The van der Waals surface area contributed by atoms with Gasteiger partial charge in [0, 0.05) is 12.1 Å². The Bertz CT molecular complexity index is 755. The topological polar surface area (TPSA) is 38.3 Å². The number of ether oxygens (including phenoxy) is 1. The van der Waals surface area contributed by atoms with Crippen LogP contribution in [0.15, 0.2) is 36.4 Å². The molecule has 0 atom stereocenters. The fourth-order valence-electron chi connectivity index (χ4n) is 2.92. The van der Waals surface area contributed by atoms with Gasteiger partial charge in [-0.1, -0.05) is 32.9 Å². The molecule has 0 unspecified atom stereocenters. The molecule has 0 amide bonds. The lowest BCUT2D eigenvalue weighted by molar-refractivity contribution is -0.119. The number of rotatable bonds is 7. The number of halogens is 1. The van der Waals surface area contributed by atoms with Crippen LogP contribution in [0.1, 0.15) is 43.9 Å². The van der Waals surface area contributed by atoms with E-state index in [1.54, 1.807) is 6.07 Å². The number of carbonyl (C=O) groups is 1. The highest BCUT2D eigenvalue weighted by atomic mass is 19.1. The number of hydrogen-bond acceptors (Lipinski definition) is 3. The average Bonchev–Trinajstić information content (AvgIpc) is 2.50. The van der Waals surface area contributed by atoms with Crippen molar-refractivity contribution < 1.29 is 13.9 Å². The zero-order valence-corrected chi connectivity index (χ0v) is 16.3. The molecule has 3 nitrogen and oxygen atoms in total. The van der Waals surface area contributed by atoms with E-state index in [-0.39, 0.29) is 17.0 Å². The van der Waals surface area contributed by atoms with E-state index in [4.69, 9.17) is 4.74 Å². The lowest BCUT2D eigenvalue weighted by atomic mass is 9.90. The van der Waals surface area contributed by atoms with Crippen LogP contribution in [0.4, 0.5) is 10.1 Å². The van der Waals surface area contributed by atoms with Crippen molar-refractivity contribution in [3.63, 3.8) is 0 Å². The van der Waals surface area contributed by atoms with Crippen LogP contribution >= 0.6 is 0 Å². The molecule has 0 aliphatic rings. The summed E-state index contributed by atoms with van der Waals surface area (Å²) in [6.07, 6.45) is 0.549. The first-order valence-electron chi connectivity index (χ1n) is 8.88. The molecule has 0 aromatic heterocycles.